The molecule has 4 aromatic heterocycles. The normalized spacial score (nSPS) is 21.9. The number of para-hydroxylation sites is 1. The zero-order valence-corrected chi connectivity index (χ0v) is 34.8. The molecule has 3 saturated heterocycles. The molecule has 326 valence electrons. The number of imidazole rings is 1. The number of imide groups is 1. The summed E-state index contributed by atoms with van der Waals surface area (Å²) in [6.45, 7) is 5.69. The maximum atomic E-state index is 14.3. The van der Waals surface area contributed by atoms with Crippen LogP contribution in [0.25, 0.3) is 16.7 Å². The van der Waals surface area contributed by atoms with Crippen LogP contribution >= 0.6 is 0 Å². The zero-order valence-electron chi connectivity index (χ0n) is 34.8. The third kappa shape index (κ3) is 8.47. The van der Waals surface area contributed by atoms with Crippen LogP contribution in [-0.4, -0.2) is 102 Å². The number of hydrogen-bond acceptors (Lipinski definition) is 10. The zero-order chi connectivity index (χ0) is 42.9. The largest absolute Gasteiger partial charge is 0.380 e. The number of anilines is 2. The number of alkyl halides is 2. The van der Waals surface area contributed by atoms with Gasteiger partial charge in [0.05, 0.1) is 41.1 Å². The van der Waals surface area contributed by atoms with Crippen LogP contribution in [0.15, 0.2) is 47.7 Å². The van der Waals surface area contributed by atoms with Crippen molar-refractivity contribution in [1.82, 2.24) is 43.7 Å². The van der Waals surface area contributed by atoms with Crippen molar-refractivity contribution in [3.05, 3.63) is 70.2 Å². The molecule has 5 aromatic rings. The Kier molecular flexibility index (Phi) is 11.9. The molecule has 1 unspecified atom stereocenters. The van der Waals surface area contributed by atoms with Gasteiger partial charge in [0.15, 0.2) is 11.3 Å². The molecule has 0 bridgehead atoms. The Hall–Kier alpha value is -5.93. The summed E-state index contributed by atoms with van der Waals surface area (Å²) in [7, 11) is 1.69. The third-order valence-electron chi connectivity index (χ3n) is 13.0. The van der Waals surface area contributed by atoms with Crippen molar-refractivity contribution < 1.29 is 27.9 Å². The number of carbonyl (C=O) groups excluding carboxylic acids is 3. The van der Waals surface area contributed by atoms with Crippen molar-refractivity contribution in [3.8, 4) is 11.8 Å². The van der Waals surface area contributed by atoms with E-state index in [-0.39, 0.29) is 41.7 Å². The molecular weight excluding hydrogens is 801 g/mol. The first kappa shape index (κ1) is 41.4. The Morgan fingerprint density at radius 1 is 1.00 bits per heavy atom. The van der Waals surface area contributed by atoms with Crippen LogP contribution in [0.5, 0.6) is 0 Å². The summed E-state index contributed by atoms with van der Waals surface area (Å²) in [6, 6.07) is 6.62. The molecule has 4 aliphatic rings. The highest BCUT2D eigenvalue weighted by molar-refractivity contribution is 6.08. The van der Waals surface area contributed by atoms with Crippen molar-refractivity contribution in [3.63, 3.8) is 0 Å². The van der Waals surface area contributed by atoms with E-state index in [4.69, 9.17) is 9.72 Å². The lowest BCUT2D eigenvalue weighted by molar-refractivity contribution is -0.135. The van der Waals surface area contributed by atoms with E-state index in [9.17, 15) is 28.0 Å². The molecule has 1 atom stereocenters. The number of nitrogens with zero attached hydrogens (tertiary/aromatic N) is 9. The number of likely N-dealkylation sites (tertiary alicyclic amines) is 1. The van der Waals surface area contributed by atoms with Crippen LogP contribution in [-0.2, 0) is 21.4 Å². The van der Waals surface area contributed by atoms with Crippen molar-refractivity contribution in [2.75, 3.05) is 56.2 Å². The van der Waals surface area contributed by atoms with Gasteiger partial charge >= 0.3 is 5.69 Å². The Labute approximate surface area is 356 Å². The number of ether oxygens (including phenoxy) is 1. The first-order valence-corrected chi connectivity index (χ1v) is 21.7. The number of rotatable bonds is 9. The molecule has 1 aliphatic carbocycles. The first-order valence-electron chi connectivity index (χ1n) is 21.7. The summed E-state index contributed by atoms with van der Waals surface area (Å²) < 4.78 is 40.3. The lowest BCUT2D eigenvalue weighted by Crippen LogP contribution is -2.44. The van der Waals surface area contributed by atoms with Gasteiger partial charge in [-0.15, -0.1) is 0 Å². The number of halogens is 2. The van der Waals surface area contributed by atoms with Crippen molar-refractivity contribution >= 4 is 45.9 Å². The smallest absolute Gasteiger partial charge is 0.329 e. The molecule has 18 heteroatoms. The molecule has 0 radical (unpaired) electrons. The summed E-state index contributed by atoms with van der Waals surface area (Å²) in [5.41, 5.74) is 1.80. The van der Waals surface area contributed by atoms with Gasteiger partial charge in [-0.25, -0.2) is 23.1 Å². The average molecular weight is 852 g/mol. The predicted octanol–water partition coefficient (Wildman–Crippen LogP) is 4.86. The standard InChI is InChI=1S/C44H51F2N11O5/c1-52-39-30(7-3-8-34(39)57(44(52)61)35-13-14-37(58)50-43(35)60)6-2-5-28-15-19-53(20-16-28)26-29-9-11-31(12-10-29)56-27-33(38(51-56)40(45)46)48-42(59)32-25-47-55-21-17-36(49-41(32)55)54-18-4-23-62-24-22-54/h3,7-8,17,21,25,27-29,31,35,40H,4-5,9-16,18-20,22-24,26H2,1H3,(H,48,59)(H,50,58,60). The maximum Gasteiger partial charge on any atom is 0.329 e. The first-order chi connectivity index (χ1) is 30.1. The lowest BCUT2D eigenvalue weighted by Gasteiger charge is -2.36. The van der Waals surface area contributed by atoms with Crippen molar-refractivity contribution in [2.45, 2.75) is 82.7 Å². The molecule has 3 amide bonds. The van der Waals surface area contributed by atoms with Crippen LogP contribution in [0.2, 0.25) is 0 Å². The minimum atomic E-state index is -2.86. The summed E-state index contributed by atoms with van der Waals surface area (Å²) in [5.74, 6) is 6.99. The molecular formula is C44H51F2N11O5. The second-order valence-corrected chi connectivity index (χ2v) is 17.0. The van der Waals surface area contributed by atoms with E-state index in [1.165, 1.54) is 19.8 Å². The number of piperidine rings is 2. The van der Waals surface area contributed by atoms with Gasteiger partial charge in [0, 0.05) is 58.5 Å². The van der Waals surface area contributed by atoms with Gasteiger partial charge in [-0.3, -0.25) is 33.5 Å². The predicted molar refractivity (Wildman–Crippen MR) is 226 cm³/mol. The van der Waals surface area contributed by atoms with Gasteiger partial charge in [-0.1, -0.05) is 17.9 Å². The Morgan fingerprint density at radius 3 is 2.61 bits per heavy atom. The van der Waals surface area contributed by atoms with Crippen molar-refractivity contribution in [2.24, 2.45) is 18.9 Å². The highest BCUT2D eigenvalue weighted by atomic mass is 19.3. The minimum absolute atomic E-state index is 0.00797. The van der Waals surface area contributed by atoms with E-state index in [0.717, 1.165) is 83.1 Å². The molecule has 1 saturated carbocycles. The van der Waals surface area contributed by atoms with Gasteiger partial charge in [-0.05, 0) is 94.5 Å². The molecule has 9 rings (SSSR count). The van der Waals surface area contributed by atoms with Crippen molar-refractivity contribution in [1.29, 1.82) is 0 Å². The summed E-state index contributed by atoms with van der Waals surface area (Å²) in [6.07, 6.45) is 9.51. The number of fused-ring (bicyclic) bond motifs is 2. The summed E-state index contributed by atoms with van der Waals surface area (Å²) in [4.78, 5) is 60.5. The minimum Gasteiger partial charge on any atom is -0.380 e. The number of nitrogens with one attached hydrogen (secondary N) is 2. The quantitative estimate of drug-likeness (QED) is 0.155. The molecule has 7 heterocycles. The fraction of sp³-hybridized carbons (Fsp3) is 0.523. The molecule has 0 spiro atoms. The monoisotopic (exact) mass is 851 g/mol. The summed E-state index contributed by atoms with van der Waals surface area (Å²) >= 11 is 0. The number of hydrogen-bond donors (Lipinski definition) is 2. The van der Waals surface area contributed by atoms with E-state index in [2.05, 4.69) is 42.5 Å². The Bertz CT molecular complexity index is 2600. The van der Waals surface area contributed by atoms with Gasteiger partial charge in [-0.2, -0.15) is 10.2 Å². The van der Waals surface area contributed by atoms with Crippen LogP contribution in [0.1, 0.15) is 104 Å². The highest BCUT2D eigenvalue weighted by Gasteiger charge is 2.32. The topological polar surface area (TPSA) is 166 Å². The van der Waals surface area contributed by atoms with Gasteiger partial charge < -0.3 is 19.9 Å². The fourth-order valence-corrected chi connectivity index (χ4v) is 9.60. The van der Waals surface area contributed by atoms with Crippen LogP contribution in [0, 0.1) is 23.7 Å². The second-order valence-electron chi connectivity index (χ2n) is 17.0. The number of carbonyl (C=O) groups is 3. The van der Waals surface area contributed by atoms with E-state index in [1.54, 1.807) is 24.1 Å². The highest BCUT2D eigenvalue weighted by Crippen LogP contribution is 2.36. The number of amides is 3. The molecule has 3 aliphatic heterocycles. The molecule has 1 aromatic carbocycles. The second kappa shape index (κ2) is 17.8. The average Bonchev–Trinajstić information content (AvgIpc) is 3.88. The third-order valence-corrected chi connectivity index (χ3v) is 13.0. The molecule has 16 nitrogen and oxygen atoms in total. The van der Waals surface area contributed by atoms with Gasteiger partial charge in [0.2, 0.25) is 11.8 Å². The number of aryl methyl sites for hydroxylation is 1. The lowest BCUT2D eigenvalue weighted by atomic mass is 9.85. The maximum absolute atomic E-state index is 14.3. The van der Waals surface area contributed by atoms with Gasteiger partial charge in [0.1, 0.15) is 17.4 Å². The van der Waals surface area contributed by atoms with E-state index in [0.29, 0.717) is 54.1 Å². The van der Waals surface area contributed by atoms with Crippen LogP contribution < -0.4 is 21.2 Å². The Balaban J connectivity index is 0.769. The Morgan fingerprint density at radius 2 is 1.82 bits per heavy atom. The summed E-state index contributed by atoms with van der Waals surface area (Å²) in [5, 5.41) is 13.6. The molecule has 2 N–H and O–H groups in total. The SMILES string of the molecule is Cn1c(=O)n(C2CCC(=O)NC2=O)c2cccc(C#CCC3CCN(CC4CCC(n5cc(NC(=O)c6cnn7ccc(N8CCCOCC8)nc67)c(C(F)F)n5)CC4)CC3)c21. The number of benzene rings is 1. The van der Waals surface area contributed by atoms with Gasteiger partial charge in [0.25, 0.3) is 12.3 Å². The van der Waals surface area contributed by atoms with Crippen LogP contribution in [0.4, 0.5) is 20.3 Å². The van der Waals surface area contributed by atoms with E-state index >= 15 is 0 Å². The fourth-order valence-electron chi connectivity index (χ4n) is 9.60. The number of aromatic nitrogens is 7. The van der Waals surface area contributed by atoms with Crippen LogP contribution in [0.3, 0.4) is 0 Å². The van der Waals surface area contributed by atoms with E-state index < -0.39 is 30.0 Å². The molecule has 62 heavy (non-hydrogen) atoms. The van der Waals surface area contributed by atoms with E-state index in [1.807, 2.05) is 24.3 Å². The molecule has 4 fully saturated rings.